The first-order valence-electron chi connectivity index (χ1n) is 5.06. The van der Waals surface area contributed by atoms with Crippen molar-refractivity contribution in [3.05, 3.63) is 29.8 Å². The zero-order valence-corrected chi connectivity index (χ0v) is 9.78. The monoisotopic (exact) mass is 223 g/mol. The third-order valence-corrected chi connectivity index (χ3v) is 2.47. The number of anilines is 1. The van der Waals surface area contributed by atoms with Gasteiger partial charge in [0.2, 0.25) is 0 Å². The van der Waals surface area contributed by atoms with Crippen LogP contribution in [-0.4, -0.2) is 24.9 Å². The summed E-state index contributed by atoms with van der Waals surface area (Å²) < 4.78 is 4.51. The maximum absolute atomic E-state index is 11.0. The molecule has 0 bridgehead atoms. The van der Waals surface area contributed by atoms with Crippen LogP contribution in [0.2, 0.25) is 0 Å². The Morgan fingerprint density at radius 3 is 2.75 bits per heavy atom. The molecule has 0 atom stereocenters. The molecule has 0 spiro atoms. The molecule has 2 N–H and O–H groups in total. The number of rotatable bonds is 3. The highest BCUT2D eigenvalue weighted by Crippen LogP contribution is 2.24. The van der Waals surface area contributed by atoms with Crippen LogP contribution in [0.25, 0.3) is 0 Å². The number of hydrogen-bond donors (Lipinski definition) is 2. The molecule has 0 saturated heterocycles. The molecule has 0 unspecified atom stereocenters. The second kappa shape index (κ2) is 4.99. The predicted molar refractivity (Wildman–Crippen MR) is 62.6 cm³/mol. The molecule has 1 aromatic carbocycles. The van der Waals surface area contributed by atoms with Crippen LogP contribution in [0.1, 0.15) is 19.4 Å². The Labute approximate surface area is 95.2 Å². The molecular weight excluding hydrogens is 206 g/mol. The van der Waals surface area contributed by atoms with E-state index in [2.05, 4.69) is 10.1 Å². The smallest absolute Gasteiger partial charge is 0.411 e. The summed E-state index contributed by atoms with van der Waals surface area (Å²) in [5.41, 5.74) is 1.29. The number of methoxy groups -OCH3 is 1. The van der Waals surface area contributed by atoms with Crippen LogP contribution in [0.4, 0.5) is 10.5 Å². The topological polar surface area (TPSA) is 58.6 Å². The van der Waals surface area contributed by atoms with Crippen molar-refractivity contribution in [1.82, 2.24) is 0 Å². The van der Waals surface area contributed by atoms with Gasteiger partial charge in [-0.15, -0.1) is 0 Å². The number of aliphatic hydroxyl groups is 1. The van der Waals surface area contributed by atoms with Gasteiger partial charge < -0.3 is 9.84 Å². The summed E-state index contributed by atoms with van der Waals surface area (Å²) >= 11 is 0. The molecule has 1 rings (SSSR count). The van der Waals surface area contributed by atoms with Crippen molar-refractivity contribution in [3.8, 4) is 0 Å². The van der Waals surface area contributed by atoms with Crippen LogP contribution in [0.15, 0.2) is 24.3 Å². The van der Waals surface area contributed by atoms with Gasteiger partial charge in [0.1, 0.15) is 0 Å². The van der Waals surface area contributed by atoms with E-state index < -0.39 is 6.09 Å². The van der Waals surface area contributed by atoms with Crippen molar-refractivity contribution in [2.75, 3.05) is 19.0 Å². The van der Waals surface area contributed by atoms with E-state index in [1.807, 2.05) is 32.0 Å². The first-order valence-corrected chi connectivity index (χ1v) is 5.06. The van der Waals surface area contributed by atoms with Crippen LogP contribution in [-0.2, 0) is 10.2 Å². The van der Waals surface area contributed by atoms with Crippen molar-refractivity contribution in [1.29, 1.82) is 0 Å². The molecule has 0 fully saturated rings. The highest BCUT2D eigenvalue weighted by Gasteiger charge is 2.19. The summed E-state index contributed by atoms with van der Waals surface area (Å²) in [6.07, 6.45) is -0.501. The van der Waals surface area contributed by atoms with Crippen LogP contribution in [0.5, 0.6) is 0 Å². The average molecular weight is 223 g/mol. The van der Waals surface area contributed by atoms with E-state index in [9.17, 15) is 9.90 Å². The maximum Gasteiger partial charge on any atom is 0.411 e. The molecule has 0 aliphatic heterocycles. The highest BCUT2D eigenvalue weighted by molar-refractivity contribution is 5.84. The van der Waals surface area contributed by atoms with Gasteiger partial charge in [0.25, 0.3) is 0 Å². The van der Waals surface area contributed by atoms with Crippen molar-refractivity contribution < 1.29 is 14.6 Å². The second-order valence-corrected chi connectivity index (χ2v) is 4.24. The molecule has 0 radical (unpaired) electrons. The molecule has 4 nitrogen and oxygen atoms in total. The van der Waals surface area contributed by atoms with Gasteiger partial charge in [-0.25, -0.2) is 4.79 Å². The van der Waals surface area contributed by atoms with Gasteiger partial charge in [-0.2, -0.15) is 0 Å². The molecule has 88 valence electrons. The first kappa shape index (κ1) is 12.5. The van der Waals surface area contributed by atoms with Crippen molar-refractivity contribution >= 4 is 11.8 Å². The Bertz CT molecular complexity index is 374. The Morgan fingerprint density at radius 1 is 1.50 bits per heavy atom. The lowest BCUT2D eigenvalue weighted by Crippen LogP contribution is -2.22. The number of hydrogen-bond acceptors (Lipinski definition) is 3. The van der Waals surface area contributed by atoms with E-state index in [0.717, 1.165) is 5.56 Å². The summed E-state index contributed by atoms with van der Waals surface area (Å²) in [6, 6.07) is 7.34. The van der Waals surface area contributed by atoms with E-state index in [0.29, 0.717) is 5.69 Å². The van der Waals surface area contributed by atoms with Gasteiger partial charge in [0.05, 0.1) is 13.7 Å². The van der Waals surface area contributed by atoms with Crippen LogP contribution < -0.4 is 5.32 Å². The van der Waals surface area contributed by atoms with Gasteiger partial charge in [-0.1, -0.05) is 26.0 Å². The van der Waals surface area contributed by atoms with E-state index in [1.54, 1.807) is 6.07 Å². The van der Waals surface area contributed by atoms with Gasteiger partial charge in [-0.05, 0) is 17.7 Å². The average Bonchev–Trinajstić information content (AvgIpc) is 2.29. The zero-order valence-electron chi connectivity index (χ0n) is 9.78. The fourth-order valence-electron chi connectivity index (χ4n) is 1.28. The molecule has 4 heteroatoms. The number of aliphatic hydroxyl groups excluding tert-OH is 1. The van der Waals surface area contributed by atoms with Crippen molar-refractivity contribution in [3.63, 3.8) is 0 Å². The third-order valence-electron chi connectivity index (χ3n) is 2.47. The van der Waals surface area contributed by atoms with E-state index >= 15 is 0 Å². The lowest BCUT2D eigenvalue weighted by Gasteiger charge is -2.22. The highest BCUT2D eigenvalue weighted by atomic mass is 16.5. The minimum Gasteiger partial charge on any atom is -0.453 e. The number of benzene rings is 1. The second-order valence-electron chi connectivity index (χ2n) is 4.24. The quantitative estimate of drug-likeness (QED) is 0.825. The number of ether oxygens (including phenoxy) is 1. The number of carbonyl (C=O) groups excluding carboxylic acids is 1. The minimum absolute atomic E-state index is 0.0503. The molecule has 0 heterocycles. The summed E-state index contributed by atoms with van der Waals surface area (Å²) in [7, 11) is 1.32. The molecule has 0 saturated carbocycles. The van der Waals surface area contributed by atoms with Crippen molar-refractivity contribution in [2.24, 2.45) is 0 Å². The minimum atomic E-state index is -0.501. The summed E-state index contributed by atoms with van der Waals surface area (Å²) in [5, 5.41) is 11.8. The largest absolute Gasteiger partial charge is 0.453 e. The molecular formula is C12H17NO3. The lowest BCUT2D eigenvalue weighted by molar-refractivity contribution is 0.187. The fourth-order valence-corrected chi connectivity index (χ4v) is 1.28. The molecule has 16 heavy (non-hydrogen) atoms. The molecule has 1 amide bonds. The first-order chi connectivity index (χ1) is 7.49. The Balaban J connectivity index is 2.91. The SMILES string of the molecule is COC(=O)Nc1cccc(C(C)(C)CO)c1. The molecule has 0 aliphatic carbocycles. The molecule has 0 aliphatic rings. The molecule has 0 aromatic heterocycles. The van der Waals surface area contributed by atoms with E-state index in [1.165, 1.54) is 7.11 Å². The normalized spacial score (nSPS) is 11.0. The van der Waals surface area contributed by atoms with E-state index in [-0.39, 0.29) is 12.0 Å². The van der Waals surface area contributed by atoms with Gasteiger partial charge >= 0.3 is 6.09 Å². The molecule has 1 aromatic rings. The number of carbonyl (C=O) groups is 1. The predicted octanol–water partition coefficient (Wildman–Crippen LogP) is 2.13. The van der Waals surface area contributed by atoms with Gasteiger partial charge in [0, 0.05) is 11.1 Å². The standard InChI is InChI=1S/C12H17NO3/c1-12(2,8-14)9-5-4-6-10(7-9)13-11(15)16-3/h4-7,14H,8H2,1-3H3,(H,13,15). The summed E-state index contributed by atoms with van der Waals surface area (Å²) in [6.45, 7) is 3.92. The summed E-state index contributed by atoms with van der Waals surface area (Å²) in [4.78, 5) is 11.0. The lowest BCUT2D eigenvalue weighted by atomic mass is 9.85. The Morgan fingerprint density at radius 2 is 2.19 bits per heavy atom. The van der Waals surface area contributed by atoms with Gasteiger partial charge in [-0.3, -0.25) is 5.32 Å². The maximum atomic E-state index is 11.0. The number of amides is 1. The summed E-state index contributed by atoms with van der Waals surface area (Å²) in [5.74, 6) is 0. The van der Waals surface area contributed by atoms with Crippen LogP contribution >= 0.6 is 0 Å². The third kappa shape index (κ3) is 2.97. The van der Waals surface area contributed by atoms with Crippen molar-refractivity contribution in [2.45, 2.75) is 19.3 Å². The Kier molecular flexibility index (Phi) is 3.90. The Hall–Kier alpha value is -1.55. The number of nitrogens with one attached hydrogen (secondary N) is 1. The zero-order chi connectivity index (χ0) is 12.2. The van der Waals surface area contributed by atoms with Crippen LogP contribution in [0, 0.1) is 0 Å². The van der Waals surface area contributed by atoms with E-state index in [4.69, 9.17) is 0 Å². The fraction of sp³-hybridized carbons (Fsp3) is 0.417. The van der Waals surface area contributed by atoms with Gasteiger partial charge in [0.15, 0.2) is 0 Å². The van der Waals surface area contributed by atoms with Crippen LogP contribution in [0.3, 0.4) is 0 Å².